The molecule has 0 aliphatic carbocycles. The minimum atomic E-state index is -0.199. The molecule has 1 fully saturated rings. The van der Waals surface area contributed by atoms with Crippen molar-refractivity contribution >= 4 is 34.6 Å². The number of anilines is 2. The van der Waals surface area contributed by atoms with Crippen LogP contribution < -0.4 is 15.5 Å². The summed E-state index contributed by atoms with van der Waals surface area (Å²) < 4.78 is 7.26. The van der Waals surface area contributed by atoms with Crippen LogP contribution in [0.1, 0.15) is 45.9 Å². The third-order valence-electron chi connectivity index (χ3n) is 7.20. The first-order chi connectivity index (χ1) is 18.8. The predicted octanol–water partition coefficient (Wildman–Crippen LogP) is 5.87. The van der Waals surface area contributed by atoms with Crippen LogP contribution in [0.4, 0.5) is 11.4 Å². The molecule has 7 nitrogen and oxygen atoms in total. The molecule has 5 rings (SSSR count). The van der Waals surface area contributed by atoms with Crippen molar-refractivity contribution in [3.63, 3.8) is 0 Å². The number of pyridine rings is 1. The number of rotatable bonds is 7. The van der Waals surface area contributed by atoms with E-state index in [0.717, 1.165) is 22.8 Å². The lowest BCUT2D eigenvalue weighted by molar-refractivity contribution is -0.119. The van der Waals surface area contributed by atoms with Crippen molar-refractivity contribution in [2.75, 3.05) is 23.9 Å². The smallest absolute Gasteiger partial charge is 0.250 e. The summed E-state index contributed by atoms with van der Waals surface area (Å²) in [6, 6.07) is 22.2. The molecule has 1 aliphatic heterocycles. The van der Waals surface area contributed by atoms with Gasteiger partial charge in [0, 0.05) is 41.8 Å². The van der Waals surface area contributed by atoms with E-state index in [1.54, 1.807) is 0 Å². The second kappa shape index (κ2) is 11.0. The fourth-order valence-corrected chi connectivity index (χ4v) is 5.75. The van der Waals surface area contributed by atoms with Gasteiger partial charge in [0.05, 0.1) is 17.8 Å². The van der Waals surface area contributed by atoms with Crippen molar-refractivity contribution in [1.82, 2.24) is 14.9 Å². The van der Waals surface area contributed by atoms with Gasteiger partial charge in [-0.2, -0.15) is 0 Å². The Morgan fingerprint density at radius 2 is 1.82 bits per heavy atom. The van der Waals surface area contributed by atoms with Crippen molar-refractivity contribution in [1.29, 1.82) is 0 Å². The molecule has 3 heterocycles. The van der Waals surface area contributed by atoms with Crippen LogP contribution in [0.15, 0.2) is 72.9 Å². The van der Waals surface area contributed by atoms with E-state index >= 15 is 0 Å². The van der Waals surface area contributed by atoms with E-state index in [0.29, 0.717) is 10.8 Å². The van der Waals surface area contributed by atoms with E-state index in [1.165, 1.54) is 29.5 Å². The summed E-state index contributed by atoms with van der Waals surface area (Å²) in [6.07, 6.45) is 1.82. The van der Waals surface area contributed by atoms with E-state index in [4.69, 9.17) is 21.9 Å². The minimum Gasteiger partial charge on any atom is -0.375 e. The first-order valence-corrected chi connectivity index (χ1v) is 13.3. The van der Waals surface area contributed by atoms with Gasteiger partial charge in [0.15, 0.2) is 5.11 Å². The average molecular weight is 540 g/mol. The van der Waals surface area contributed by atoms with Crippen LogP contribution in [0.5, 0.6) is 0 Å². The standard InChI is InChI=1S/C31H33N5O2S/c1-19-9-10-20(2)27(16-19)35-21(3)17-25(22(35)4)30-29(26-8-6-7-15-32-26)34-31(39)36(30)24-13-11-23(12-14-24)33-28(37)18-38-5/h6-17,29-30H,18H2,1-5H3,(H,33,37)(H,34,39). The number of amides is 1. The van der Waals surface area contributed by atoms with Crippen molar-refractivity contribution in [3.05, 3.63) is 107 Å². The topological polar surface area (TPSA) is 71.4 Å². The van der Waals surface area contributed by atoms with E-state index in [1.807, 2.05) is 48.7 Å². The van der Waals surface area contributed by atoms with E-state index in [9.17, 15) is 4.79 Å². The number of benzene rings is 2. The molecule has 8 heteroatoms. The molecule has 2 aromatic heterocycles. The Morgan fingerprint density at radius 1 is 1.05 bits per heavy atom. The molecule has 2 unspecified atom stereocenters. The van der Waals surface area contributed by atoms with Gasteiger partial charge in [-0.25, -0.2) is 0 Å². The summed E-state index contributed by atoms with van der Waals surface area (Å²) in [4.78, 5) is 18.8. The van der Waals surface area contributed by atoms with Crippen LogP contribution >= 0.6 is 12.2 Å². The molecule has 1 amide bonds. The van der Waals surface area contributed by atoms with Crippen molar-refractivity contribution in [3.8, 4) is 5.69 Å². The number of hydrogen-bond acceptors (Lipinski definition) is 4. The van der Waals surface area contributed by atoms with Crippen molar-refractivity contribution < 1.29 is 9.53 Å². The Bertz CT molecular complexity index is 1510. The maximum atomic E-state index is 12.0. The Labute approximate surface area is 234 Å². The third-order valence-corrected chi connectivity index (χ3v) is 7.51. The number of ether oxygens (including phenoxy) is 1. The number of nitrogens with zero attached hydrogens (tertiary/aromatic N) is 3. The van der Waals surface area contributed by atoms with Gasteiger partial charge in [-0.3, -0.25) is 9.78 Å². The van der Waals surface area contributed by atoms with Crippen molar-refractivity contribution in [2.45, 2.75) is 39.8 Å². The van der Waals surface area contributed by atoms with Crippen LogP contribution in [-0.2, 0) is 9.53 Å². The number of methoxy groups -OCH3 is 1. The van der Waals surface area contributed by atoms with Crippen LogP contribution in [0, 0.1) is 27.7 Å². The number of carbonyl (C=O) groups excluding carboxylic acids is 1. The van der Waals surface area contributed by atoms with Crippen LogP contribution in [-0.4, -0.2) is 34.3 Å². The molecule has 2 aromatic carbocycles. The number of aromatic nitrogens is 2. The van der Waals surface area contributed by atoms with E-state index in [2.05, 4.69) is 72.1 Å². The number of carbonyl (C=O) groups is 1. The molecule has 2 atom stereocenters. The first-order valence-electron chi connectivity index (χ1n) is 12.9. The van der Waals surface area contributed by atoms with Gasteiger partial charge in [0.1, 0.15) is 6.61 Å². The van der Waals surface area contributed by atoms with Gasteiger partial charge in [-0.15, -0.1) is 0 Å². The summed E-state index contributed by atoms with van der Waals surface area (Å²) in [5.74, 6) is -0.199. The fraction of sp³-hybridized carbons (Fsp3) is 0.258. The normalized spacial score (nSPS) is 16.8. The zero-order valence-corrected chi connectivity index (χ0v) is 23.7. The summed E-state index contributed by atoms with van der Waals surface area (Å²) >= 11 is 5.92. The highest BCUT2D eigenvalue weighted by atomic mass is 32.1. The maximum Gasteiger partial charge on any atom is 0.250 e. The van der Waals surface area contributed by atoms with Gasteiger partial charge in [0.2, 0.25) is 5.91 Å². The molecular weight excluding hydrogens is 506 g/mol. The highest BCUT2D eigenvalue weighted by molar-refractivity contribution is 7.80. The van der Waals surface area contributed by atoms with E-state index in [-0.39, 0.29) is 24.6 Å². The Kier molecular flexibility index (Phi) is 7.50. The molecule has 0 bridgehead atoms. The molecule has 200 valence electrons. The second-order valence-corrected chi connectivity index (χ2v) is 10.4. The number of aryl methyl sites for hydroxylation is 3. The zero-order valence-electron chi connectivity index (χ0n) is 22.9. The highest BCUT2D eigenvalue weighted by Gasteiger charge is 2.42. The SMILES string of the molecule is COCC(=O)Nc1ccc(N2C(=S)NC(c3ccccn3)C2c2cc(C)n(-c3cc(C)ccc3C)c2C)cc1. The molecule has 4 aromatic rings. The average Bonchev–Trinajstić information content (AvgIpc) is 3.41. The third kappa shape index (κ3) is 5.17. The van der Waals surface area contributed by atoms with Gasteiger partial charge < -0.3 is 24.8 Å². The molecule has 0 radical (unpaired) electrons. The molecule has 2 N–H and O–H groups in total. The van der Waals surface area contributed by atoms with Gasteiger partial charge in [-0.05, 0) is 105 Å². The van der Waals surface area contributed by atoms with Crippen LogP contribution in [0.3, 0.4) is 0 Å². The Hall–Kier alpha value is -4.01. The summed E-state index contributed by atoms with van der Waals surface area (Å²) in [5.41, 5.74) is 9.67. The molecule has 0 spiro atoms. The highest BCUT2D eigenvalue weighted by Crippen LogP contribution is 2.44. The van der Waals surface area contributed by atoms with Gasteiger partial charge in [-0.1, -0.05) is 18.2 Å². The lowest BCUT2D eigenvalue weighted by atomic mass is 9.96. The Morgan fingerprint density at radius 3 is 2.51 bits per heavy atom. The molecular formula is C31H33N5O2S. The summed E-state index contributed by atoms with van der Waals surface area (Å²) in [7, 11) is 1.50. The summed E-state index contributed by atoms with van der Waals surface area (Å²) in [5, 5.41) is 7.03. The first kappa shape index (κ1) is 26.6. The summed E-state index contributed by atoms with van der Waals surface area (Å²) in [6.45, 7) is 8.60. The van der Waals surface area contributed by atoms with Crippen molar-refractivity contribution in [2.24, 2.45) is 0 Å². The maximum absolute atomic E-state index is 12.0. The molecule has 0 saturated carbocycles. The monoisotopic (exact) mass is 539 g/mol. The quantitative estimate of drug-likeness (QED) is 0.286. The molecule has 39 heavy (non-hydrogen) atoms. The fourth-order valence-electron chi connectivity index (χ4n) is 5.40. The lowest BCUT2D eigenvalue weighted by Crippen LogP contribution is -2.29. The molecule has 1 saturated heterocycles. The lowest BCUT2D eigenvalue weighted by Gasteiger charge is -2.28. The van der Waals surface area contributed by atoms with E-state index < -0.39 is 0 Å². The minimum absolute atomic E-state index is 0.00570. The second-order valence-electron chi connectivity index (χ2n) is 9.98. The van der Waals surface area contributed by atoms with Crippen LogP contribution in [0.25, 0.3) is 5.69 Å². The largest absolute Gasteiger partial charge is 0.375 e. The molecule has 1 aliphatic rings. The number of hydrogen-bond donors (Lipinski definition) is 2. The zero-order chi connectivity index (χ0) is 27.7. The van der Waals surface area contributed by atoms with Crippen LogP contribution in [0.2, 0.25) is 0 Å². The van der Waals surface area contributed by atoms with Gasteiger partial charge >= 0.3 is 0 Å². The number of thiocarbonyl (C=S) groups is 1. The van der Waals surface area contributed by atoms with Gasteiger partial charge in [0.25, 0.3) is 0 Å². The predicted molar refractivity (Wildman–Crippen MR) is 160 cm³/mol. The Balaban J connectivity index is 1.60. The number of nitrogens with one attached hydrogen (secondary N) is 2.